The topological polar surface area (TPSA) is 94.4 Å². The minimum Gasteiger partial charge on any atom is -0.357 e. The highest BCUT2D eigenvalue weighted by atomic mass is 16.1. The molecule has 1 aromatic heterocycles. The van der Waals surface area contributed by atoms with Gasteiger partial charge in [0.2, 0.25) is 6.41 Å². The second-order valence-corrected chi connectivity index (χ2v) is 14.5. The number of hydrogen-bond acceptors (Lipinski definition) is 6. The number of carbonyl (C=O) groups is 3. The first kappa shape index (κ1) is 42.6. The molecule has 276 valence electrons. The van der Waals surface area contributed by atoms with Crippen molar-refractivity contribution in [3.8, 4) is 6.07 Å². The summed E-state index contributed by atoms with van der Waals surface area (Å²) in [4.78, 5) is 41.2. The average molecular weight is 687 g/mol. The highest BCUT2D eigenvalue weighted by Gasteiger charge is 2.37. The molecule has 5 rings (SSSR count). The molecule has 7 heteroatoms. The fraction of sp³-hybridized carbons (Fsp3) is 0.651. The van der Waals surface area contributed by atoms with Crippen molar-refractivity contribution >= 4 is 23.8 Å². The standard InChI is InChI=1S/C17H25N3.C13H15NO2.C8H16.C5H10O/c1-4-14(3)17(5-2)8-10-20(11-9-17)16-7-6-15(12-18)13-19-16;15-10-14-8-6-12(7-9-14)13(16)11-4-2-1-3-5-11;1-2-8-6-4-3-5-7-8;1-3-4-5(2)6/h6-7,13-14H,4-5,8-11H2,1-3H3;1-5,10,12H,6-9H2;8H,2-7H2,1H3;3-4H2,1-2H3. The van der Waals surface area contributed by atoms with Gasteiger partial charge in [-0.1, -0.05) is 116 Å². The number of anilines is 1. The summed E-state index contributed by atoms with van der Waals surface area (Å²) >= 11 is 0. The van der Waals surface area contributed by atoms with Crippen molar-refractivity contribution in [2.75, 3.05) is 31.1 Å². The first-order valence-corrected chi connectivity index (χ1v) is 19.6. The number of ketones is 2. The van der Waals surface area contributed by atoms with E-state index in [1.54, 1.807) is 18.0 Å². The molecule has 0 bridgehead atoms. The lowest BCUT2D eigenvalue weighted by Crippen LogP contribution is -2.43. The molecule has 0 N–H and O–H groups in total. The number of hydrogen-bond donors (Lipinski definition) is 0. The number of pyridine rings is 1. The molecule has 50 heavy (non-hydrogen) atoms. The maximum absolute atomic E-state index is 12.1. The molecule has 2 saturated heterocycles. The number of nitrogens with zero attached hydrogens (tertiary/aromatic N) is 4. The number of nitriles is 1. The Bertz CT molecular complexity index is 1270. The van der Waals surface area contributed by atoms with Crippen molar-refractivity contribution in [3.63, 3.8) is 0 Å². The zero-order chi connectivity index (χ0) is 36.8. The van der Waals surface area contributed by atoms with Crippen molar-refractivity contribution in [1.29, 1.82) is 5.26 Å². The highest BCUT2D eigenvalue weighted by molar-refractivity contribution is 5.97. The zero-order valence-electron chi connectivity index (χ0n) is 32.2. The van der Waals surface area contributed by atoms with Gasteiger partial charge in [-0.15, -0.1) is 0 Å². The Hall–Kier alpha value is -3.53. The van der Waals surface area contributed by atoms with Crippen molar-refractivity contribution in [1.82, 2.24) is 9.88 Å². The first-order chi connectivity index (χ1) is 24.2. The predicted molar refractivity (Wildman–Crippen MR) is 206 cm³/mol. The van der Waals surface area contributed by atoms with Crippen molar-refractivity contribution in [2.45, 2.75) is 131 Å². The van der Waals surface area contributed by atoms with Crippen LogP contribution in [-0.4, -0.2) is 54.0 Å². The molecule has 0 spiro atoms. The van der Waals surface area contributed by atoms with Crippen LogP contribution in [-0.2, 0) is 9.59 Å². The van der Waals surface area contributed by atoms with E-state index in [-0.39, 0.29) is 17.5 Å². The van der Waals surface area contributed by atoms with Gasteiger partial charge in [0.1, 0.15) is 17.7 Å². The fourth-order valence-corrected chi connectivity index (χ4v) is 7.50. The molecule has 1 aromatic carbocycles. The number of Topliss-reactive ketones (excluding diaryl/α,β-unsaturated/α-hetero) is 2. The Morgan fingerprint density at radius 3 is 2.00 bits per heavy atom. The number of carbonyl (C=O) groups excluding carboxylic acids is 3. The van der Waals surface area contributed by atoms with Crippen LogP contribution in [0.4, 0.5) is 5.82 Å². The third-order valence-electron chi connectivity index (χ3n) is 11.3. The average Bonchev–Trinajstić information content (AvgIpc) is 3.18. The van der Waals surface area contributed by atoms with E-state index in [1.165, 1.54) is 64.2 Å². The van der Waals surface area contributed by atoms with Crippen LogP contribution in [0.1, 0.15) is 147 Å². The molecule has 0 radical (unpaired) electrons. The maximum Gasteiger partial charge on any atom is 0.209 e. The van der Waals surface area contributed by atoms with Crippen LogP contribution in [0.25, 0.3) is 0 Å². The molecule has 3 aliphatic rings. The molecule has 3 fully saturated rings. The molecular formula is C43H66N4O3. The summed E-state index contributed by atoms with van der Waals surface area (Å²) in [6.45, 7) is 16.5. The van der Waals surface area contributed by atoms with Crippen LogP contribution in [0.5, 0.6) is 0 Å². The van der Waals surface area contributed by atoms with Crippen LogP contribution in [0, 0.1) is 34.5 Å². The molecular weight excluding hydrogens is 620 g/mol. The van der Waals surface area contributed by atoms with Crippen LogP contribution in [0.15, 0.2) is 48.7 Å². The Labute approximate surface area is 304 Å². The summed E-state index contributed by atoms with van der Waals surface area (Å²) in [7, 11) is 0. The number of benzene rings is 1. The molecule has 1 amide bonds. The molecule has 1 unspecified atom stereocenters. The van der Waals surface area contributed by atoms with Crippen molar-refractivity contribution in [2.24, 2.45) is 23.2 Å². The largest absolute Gasteiger partial charge is 0.357 e. The van der Waals surface area contributed by atoms with Crippen LogP contribution < -0.4 is 4.90 Å². The Kier molecular flexibility index (Phi) is 20.3. The lowest BCUT2D eigenvalue weighted by molar-refractivity contribution is -0.119. The number of aromatic nitrogens is 1. The lowest BCUT2D eigenvalue weighted by Gasteiger charge is -2.45. The quantitative estimate of drug-likeness (QED) is 0.182. The molecule has 7 nitrogen and oxygen atoms in total. The second kappa shape index (κ2) is 23.8. The lowest BCUT2D eigenvalue weighted by atomic mass is 9.67. The Balaban J connectivity index is 0.000000256. The van der Waals surface area contributed by atoms with Crippen LogP contribution in [0.3, 0.4) is 0 Å². The predicted octanol–water partition coefficient (Wildman–Crippen LogP) is 10.1. The fourth-order valence-electron chi connectivity index (χ4n) is 7.50. The normalized spacial score (nSPS) is 18.0. The van der Waals surface area contributed by atoms with Gasteiger partial charge >= 0.3 is 0 Å². The van der Waals surface area contributed by atoms with E-state index < -0.39 is 0 Å². The van der Waals surface area contributed by atoms with Gasteiger partial charge in [-0.25, -0.2) is 4.98 Å². The van der Waals surface area contributed by atoms with Gasteiger partial charge in [-0.2, -0.15) is 5.26 Å². The number of amides is 1. The molecule has 1 atom stereocenters. The van der Waals surface area contributed by atoms with Crippen molar-refractivity contribution in [3.05, 3.63) is 59.8 Å². The third kappa shape index (κ3) is 14.4. The van der Waals surface area contributed by atoms with E-state index in [0.717, 1.165) is 68.4 Å². The summed E-state index contributed by atoms with van der Waals surface area (Å²) in [5.41, 5.74) is 1.93. The summed E-state index contributed by atoms with van der Waals surface area (Å²) < 4.78 is 0. The first-order valence-electron chi connectivity index (χ1n) is 19.6. The molecule has 1 saturated carbocycles. The molecule has 2 aliphatic heterocycles. The number of likely N-dealkylation sites (tertiary alicyclic amines) is 1. The van der Waals surface area contributed by atoms with Gasteiger partial charge in [0.05, 0.1) is 5.56 Å². The van der Waals surface area contributed by atoms with Gasteiger partial charge in [0, 0.05) is 50.3 Å². The molecule has 2 aromatic rings. The Morgan fingerprint density at radius 1 is 0.940 bits per heavy atom. The zero-order valence-corrected chi connectivity index (χ0v) is 32.2. The van der Waals surface area contributed by atoms with Crippen molar-refractivity contribution < 1.29 is 14.4 Å². The van der Waals surface area contributed by atoms with E-state index >= 15 is 0 Å². The van der Waals surface area contributed by atoms with Crippen LogP contribution >= 0.6 is 0 Å². The minimum absolute atomic E-state index is 0.0820. The van der Waals surface area contributed by atoms with E-state index in [2.05, 4.69) is 43.6 Å². The smallest absolute Gasteiger partial charge is 0.209 e. The maximum atomic E-state index is 12.1. The molecule has 1 aliphatic carbocycles. The van der Waals surface area contributed by atoms with E-state index in [4.69, 9.17) is 5.26 Å². The highest BCUT2D eigenvalue weighted by Crippen LogP contribution is 2.43. The van der Waals surface area contributed by atoms with E-state index in [1.807, 2.05) is 49.4 Å². The summed E-state index contributed by atoms with van der Waals surface area (Å²) in [6.07, 6.45) is 19.8. The summed E-state index contributed by atoms with van der Waals surface area (Å²) in [6, 6.07) is 15.3. The van der Waals surface area contributed by atoms with E-state index in [9.17, 15) is 14.4 Å². The van der Waals surface area contributed by atoms with Crippen LogP contribution in [0.2, 0.25) is 0 Å². The monoisotopic (exact) mass is 687 g/mol. The SMILES string of the molecule is CCC(C)C1(CC)CCN(c2ccc(C#N)cn2)CC1.CCC1CCCCC1.CCCC(C)=O.O=CN1CCC(C(=O)c2ccccc2)CC1. The van der Waals surface area contributed by atoms with Gasteiger partial charge in [-0.3, -0.25) is 9.59 Å². The number of rotatable bonds is 10. The molecule has 3 heterocycles. The Morgan fingerprint density at radius 2 is 1.58 bits per heavy atom. The number of piperidine rings is 2. The second-order valence-electron chi connectivity index (χ2n) is 14.5. The third-order valence-corrected chi connectivity index (χ3v) is 11.3. The summed E-state index contributed by atoms with van der Waals surface area (Å²) in [5, 5.41) is 8.82. The van der Waals surface area contributed by atoms with Gasteiger partial charge in [0.25, 0.3) is 0 Å². The van der Waals surface area contributed by atoms with Gasteiger partial charge < -0.3 is 14.6 Å². The van der Waals surface area contributed by atoms with E-state index in [0.29, 0.717) is 24.1 Å². The summed E-state index contributed by atoms with van der Waals surface area (Å²) in [5.74, 6) is 3.48. The minimum atomic E-state index is 0.0820. The van der Waals surface area contributed by atoms with Gasteiger partial charge in [0.15, 0.2) is 5.78 Å². The van der Waals surface area contributed by atoms with Gasteiger partial charge in [-0.05, 0) is 68.4 Å².